The first-order valence-electron chi connectivity index (χ1n) is 6.49. The monoisotopic (exact) mass is 315 g/mol. The molecule has 106 valence electrons. The van der Waals surface area contributed by atoms with E-state index in [-0.39, 0.29) is 5.91 Å². The fraction of sp³-hybridized carbons (Fsp3) is 0.133. The Morgan fingerprint density at radius 2 is 2.19 bits per heavy atom. The molecular formula is C15H13N3OS2. The van der Waals surface area contributed by atoms with E-state index in [1.54, 1.807) is 22.9 Å². The van der Waals surface area contributed by atoms with E-state index in [2.05, 4.69) is 15.3 Å². The number of pyridine rings is 1. The highest BCUT2D eigenvalue weighted by atomic mass is 32.1. The second kappa shape index (κ2) is 6.60. The van der Waals surface area contributed by atoms with E-state index in [1.807, 2.05) is 35.8 Å². The van der Waals surface area contributed by atoms with Crippen LogP contribution in [0.2, 0.25) is 0 Å². The van der Waals surface area contributed by atoms with Gasteiger partial charge in [0.25, 0.3) is 5.91 Å². The summed E-state index contributed by atoms with van der Waals surface area (Å²) in [6, 6.07) is 7.88. The van der Waals surface area contributed by atoms with E-state index < -0.39 is 0 Å². The first kappa shape index (κ1) is 13.9. The maximum Gasteiger partial charge on any atom is 0.270 e. The van der Waals surface area contributed by atoms with Gasteiger partial charge in [0.2, 0.25) is 0 Å². The zero-order valence-electron chi connectivity index (χ0n) is 11.2. The largest absolute Gasteiger partial charge is 0.350 e. The van der Waals surface area contributed by atoms with E-state index in [0.717, 1.165) is 21.9 Å². The average molecular weight is 315 g/mol. The molecule has 0 radical (unpaired) electrons. The van der Waals surface area contributed by atoms with E-state index in [1.165, 1.54) is 11.3 Å². The molecule has 0 saturated carbocycles. The van der Waals surface area contributed by atoms with Crippen molar-refractivity contribution < 1.29 is 4.79 Å². The SMILES string of the molecule is O=C(NCCc1cccnc1)c1csc(-c2cccs2)n1. The van der Waals surface area contributed by atoms with Crippen molar-refractivity contribution in [1.82, 2.24) is 15.3 Å². The van der Waals surface area contributed by atoms with Crippen LogP contribution in [0.3, 0.4) is 0 Å². The van der Waals surface area contributed by atoms with Crippen LogP contribution < -0.4 is 5.32 Å². The van der Waals surface area contributed by atoms with Gasteiger partial charge in [-0.05, 0) is 29.5 Å². The van der Waals surface area contributed by atoms with Gasteiger partial charge in [0.1, 0.15) is 10.7 Å². The number of carbonyl (C=O) groups is 1. The summed E-state index contributed by atoms with van der Waals surface area (Å²) >= 11 is 3.12. The van der Waals surface area contributed by atoms with E-state index >= 15 is 0 Å². The molecule has 0 aliphatic rings. The number of hydrogen-bond acceptors (Lipinski definition) is 5. The van der Waals surface area contributed by atoms with Crippen LogP contribution in [0.25, 0.3) is 9.88 Å². The zero-order chi connectivity index (χ0) is 14.5. The molecule has 0 atom stereocenters. The standard InChI is InChI=1S/C15H13N3OS2/c19-14(17-7-5-11-3-1-6-16-9-11)12-10-21-15(18-12)13-4-2-8-20-13/h1-4,6,8-10H,5,7H2,(H,17,19). The predicted molar refractivity (Wildman–Crippen MR) is 85.7 cm³/mol. The second-order valence-corrected chi connectivity index (χ2v) is 6.19. The summed E-state index contributed by atoms with van der Waals surface area (Å²) in [5, 5.41) is 7.58. The van der Waals surface area contributed by atoms with Gasteiger partial charge in [-0.25, -0.2) is 4.98 Å². The molecule has 0 unspecified atom stereocenters. The van der Waals surface area contributed by atoms with Crippen LogP contribution in [0.5, 0.6) is 0 Å². The Balaban J connectivity index is 1.56. The summed E-state index contributed by atoms with van der Waals surface area (Å²) in [5.41, 5.74) is 1.59. The molecule has 0 saturated heterocycles. The normalized spacial score (nSPS) is 10.5. The fourth-order valence-corrected chi connectivity index (χ4v) is 3.46. The van der Waals surface area contributed by atoms with Gasteiger partial charge in [-0.15, -0.1) is 22.7 Å². The zero-order valence-corrected chi connectivity index (χ0v) is 12.8. The van der Waals surface area contributed by atoms with Gasteiger partial charge in [-0.1, -0.05) is 12.1 Å². The van der Waals surface area contributed by atoms with Crippen molar-refractivity contribution in [3.05, 3.63) is 58.7 Å². The van der Waals surface area contributed by atoms with Crippen LogP contribution in [-0.2, 0) is 6.42 Å². The molecule has 6 heteroatoms. The van der Waals surface area contributed by atoms with E-state index in [9.17, 15) is 4.79 Å². The Bertz CT molecular complexity index is 708. The van der Waals surface area contributed by atoms with Gasteiger partial charge >= 0.3 is 0 Å². The smallest absolute Gasteiger partial charge is 0.270 e. The molecule has 0 bridgehead atoms. The van der Waals surface area contributed by atoms with E-state index in [4.69, 9.17) is 0 Å². The molecule has 4 nitrogen and oxygen atoms in total. The summed E-state index contributed by atoms with van der Waals surface area (Å²) in [4.78, 5) is 21.6. The first-order chi connectivity index (χ1) is 10.3. The molecule has 0 aromatic carbocycles. The fourth-order valence-electron chi connectivity index (χ4n) is 1.85. The highest BCUT2D eigenvalue weighted by Crippen LogP contribution is 2.27. The van der Waals surface area contributed by atoms with E-state index in [0.29, 0.717) is 12.2 Å². The van der Waals surface area contributed by atoms with Crippen LogP contribution in [0.15, 0.2) is 47.4 Å². The maximum absolute atomic E-state index is 12.0. The Morgan fingerprint density at radius 1 is 1.24 bits per heavy atom. The van der Waals surface area contributed by atoms with Crippen molar-refractivity contribution in [2.45, 2.75) is 6.42 Å². The van der Waals surface area contributed by atoms with Crippen LogP contribution in [-0.4, -0.2) is 22.4 Å². The third-order valence-corrected chi connectivity index (χ3v) is 4.77. The van der Waals surface area contributed by atoms with Crippen molar-refractivity contribution in [3.8, 4) is 9.88 Å². The van der Waals surface area contributed by atoms with Crippen molar-refractivity contribution in [1.29, 1.82) is 0 Å². The molecular weight excluding hydrogens is 302 g/mol. The average Bonchev–Trinajstić information content (AvgIpc) is 3.19. The highest BCUT2D eigenvalue weighted by molar-refractivity contribution is 7.20. The van der Waals surface area contributed by atoms with Gasteiger partial charge in [-0.2, -0.15) is 0 Å². The van der Waals surface area contributed by atoms with Crippen molar-refractivity contribution in [2.75, 3.05) is 6.54 Å². The summed E-state index contributed by atoms with van der Waals surface area (Å²) in [5.74, 6) is -0.127. The lowest BCUT2D eigenvalue weighted by Crippen LogP contribution is -2.25. The third-order valence-electron chi connectivity index (χ3n) is 2.89. The number of thiophene rings is 1. The molecule has 3 aromatic heterocycles. The quantitative estimate of drug-likeness (QED) is 0.786. The Hall–Kier alpha value is -2.05. The predicted octanol–water partition coefficient (Wildman–Crippen LogP) is 3.24. The molecule has 1 amide bonds. The molecule has 0 fully saturated rings. The Morgan fingerprint density at radius 3 is 2.95 bits per heavy atom. The summed E-state index contributed by atoms with van der Waals surface area (Å²) in [6.45, 7) is 0.580. The van der Waals surface area contributed by atoms with Crippen LogP contribution in [0, 0.1) is 0 Å². The number of hydrogen-bond donors (Lipinski definition) is 1. The molecule has 0 aliphatic heterocycles. The molecule has 3 aromatic rings. The molecule has 0 spiro atoms. The Kier molecular flexibility index (Phi) is 4.37. The Labute approximate surface area is 130 Å². The van der Waals surface area contributed by atoms with Crippen LogP contribution in [0.4, 0.5) is 0 Å². The van der Waals surface area contributed by atoms with Crippen molar-refractivity contribution in [3.63, 3.8) is 0 Å². The van der Waals surface area contributed by atoms with Gasteiger partial charge in [0.15, 0.2) is 0 Å². The topological polar surface area (TPSA) is 54.9 Å². The molecule has 1 N–H and O–H groups in total. The van der Waals surface area contributed by atoms with Crippen molar-refractivity contribution in [2.24, 2.45) is 0 Å². The summed E-state index contributed by atoms with van der Waals surface area (Å²) in [7, 11) is 0. The number of nitrogens with zero attached hydrogens (tertiary/aromatic N) is 2. The number of aromatic nitrogens is 2. The maximum atomic E-state index is 12.0. The van der Waals surface area contributed by atoms with Gasteiger partial charge in [0, 0.05) is 24.3 Å². The third kappa shape index (κ3) is 3.53. The first-order valence-corrected chi connectivity index (χ1v) is 8.25. The van der Waals surface area contributed by atoms with Crippen LogP contribution in [0.1, 0.15) is 16.1 Å². The van der Waals surface area contributed by atoms with Crippen molar-refractivity contribution >= 4 is 28.6 Å². The lowest BCUT2D eigenvalue weighted by atomic mass is 10.2. The summed E-state index contributed by atoms with van der Waals surface area (Å²) in [6.07, 6.45) is 4.31. The minimum atomic E-state index is -0.127. The van der Waals surface area contributed by atoms with Gasteiger partial charge < -0.3 is 5.32 Å². The molecule has 0 aliphatic carbocycles. The molecule has 21 heavy (non-hydrogen) atoms. The lowest BCUT2D eigenvalue weighted by molar-refractivity contribution is 0.0950. The second-order valence-electron chi connectivity index (χ2n) is 4.38. The minimum Gasteiger partial charge on any atom is -0.350 e. The molecule has 3 rings (SSSR count). The minimum absolute atomic E-state index is 0.127. The number of amides is 1. The van der Waals surface area contributed by atoms with Gasteiger partial charge in [0.05, 0.1) is 4.88 Å². The number of thiazole rings is 1. The number of carbonyl (C=O) groups excluding carboxylic acids is 1. The number of nitrogens with one attached hydrogen (secondary N) is 1. The molecule has 3 heterocycles. The highest BCUT2D eigenvalue weighted by Gasteiger charge is 2.11. The summed E-state index contributed by atoms with van der Waals surface area (Å²) < 4.78 is 0. The van der Waals surface area contributed by atoms with Crippen LogP contribution >= 0.6 is 22.7 Å². The lowest BCUT2D eigenvalue weighted by Gasteiger charge is -2.02. The van der Waals surface area contributed by atoms with Gasteiger partial charge in [-0.3, -0.25) is 9.78 Å². The number of rotatable bonds is 5.